The normalized spacial score (nSPS) is 18.0. The van der Waals surface area contributed by atoms with Crippen molar-refractivity contribution in [1.82, 2.24) is 20.9 Å². The van der Waals surface area contributed by atoms with Gasteiger partial charge in [0.1, 0.15) is 0 Å². The molecule has 2 rings (SSSR count). The quantitative estimate of drug-likeness (QED) is 0.379. The number of ether oxygens (including phenoxy) is 2. The summed E-state index contributed by atoms with van der Waals surface area (Å²) in [4.78, 5) is 26.5. The third-order valence-corrected chi connectivity index (χ3v) is 6.46. The van der Waals surface area contributed by atoms with Gasteiger partial charge in [-0.15, -0.1) is 0 Å². The van der Waals surface area contributed by atoms with Gasteiger partial charge in [0.15, 0.2) is 0 Å². The molecule has 3 atom stereocenters. The number of rotatable bonds is 11. The van der Waals surface area contributed by atoms with Crippen LogP contribution >= 0.6 is 11.6 Å². The maximum absolute atomic E-state index is 13.2. The van der Waals surface area contributed by atoms with E-state index in [0.29, 0.717) is 24.7 Å². The molecule has 198 valence electrons. The van der Waals surface area contributed by atoms with E-state index in [9.17, 15) is 9.59 Å². The fourth-order valence-electron chi connectivity index (χ4n) is 4.39. The molecular weight excluding hydrogens is 468 g/mol. The molecular formula is C26H43ClN4O4. The minimum atomic E-state index is -0.490. The predicted octanol–water partition coefficient (Wildman–Crippen LogP) is 4.59. The molecule has 1 heterocycles. The number of carbonyl (C=O) groups is 2. The third kappa shape index (κ3) is 10.6. The number of methoxy groups -OCH3 is 1. The van der Waals surface area contributed by atoms with Gasteiger partial charge in [0.25, 0.3) is 0 Å². The lowest BCUT2D eigenvalue weighted by Crippen LogP contribution is -2.51. The fourth-order valence-corrected chi connectivity index (χ4v) is 4.58. The van der Waals surface area contributed by atoms with Crippen molar-refractivity contribution in [2.75, 3.05) is 46.9 Å². The van der Waals surface area contributed by atoms with E-state index in [1.807, 2.05) is 36.2 Å². The molecule has 35 heavy (non-hydrogen) atoms. The van der Waals surface area contributed by atoms with Crippen LogP contribution in [0.3, 0.4) is 0 Å². The first kappa shape index (κ1) is 29.2. The number of urea groups is 1. The summed E-state index contributed by atoms with van der Waals surface area (Å²) in [7, 11) is 3.24. The van der Waals surface area contributed by atoms with E-state index in [1.54, 1.807) is 0 Å². The van der Waals surface area contributed by atoms with Crippen LogP contribution in [-0.2, 0) is 9.47 Å². The Hall–Kier alpha value is -2.03. The highest BCUT2D eigenvalue weighted by Crippen LogP contribution is 2.34. The maximum atomic E-state index is 13.2. The number of likely N-dealkylation sites (N-methyl/N-ethyl adjacent to an activating group) is 1. The zero-order chi connectivity index (χ0) is 25.8. The van der Waals surface area contributed by atoms with Crippen LogP contribution in [0.25, 0.3) is 0 Å². The SMILES string of the molecule is CNCC(CCC(C)(C)C)NC(=O)N1CCCC([C@@H](OCCNC(=O)OC)c2cccc(Cl)c2)C1. The number of halogens is 1. The summed E-state index contributed by atoms with van der Waals surface area (Å²) in [5.74, 6) is 0.114. The van der Waals surface area contributed by atoms with Crippen LogP contribution in [0.2, 0.25) is 5.02 Å². The zero-order valence-corrected chi connectivity index (χ0v) is 22.6. The molecule has 0 saturated carbocycles. The maximum Gasteiger partial charge on any atom is 0.406 e. The molecule has 1 aromatic rings. The van der Waals surface area contributed by atoms with Crippen molar-refractivity contribution in [2.24, 2.45) is 11.3 Å². The van der Waals surface area contributed by atoms with Crippen molar-refractivity contribution < 1.29 is 19.1 Å². The van der Waals surface area contributed by atoms with Gasteiger partial charge >= 0.3 is 12.1 Å². The average molecular weight is 511 g/mol. The first-order valence-electron chi connectivity index (χ1n) is 12.5. The minimum absolute atomic E-state index is 0.0268. The van der Waals surface area contributed by atoms with Crippen LogP contribution in [-0.4, -0.2) is 70.0 Å². The molecule has 0 radical (unpaired) electrons. The number of nitrogens with one attached hydrogen (secondary N) is 3. The molecule has 1 aliphatic heterocycles. The van der Waals surface area contributed by atoms with E-state index in [1.165, 1.54) is 7.11 Å². The lowest BCUT2D eigenvalue weighted by molar-refractivity contribution is -0.00863. The Morgan fingerprint density at radius 1 is 1.29 bits per heavy atom. The highest BCUT2D eigenvalue weighted by molar-refractivity contribution is 6.30. The summed E-state index contributed by atoms with van der Waals surface area (Å²) in [5.41, 5.74) is 1.19. The highest BCUT2D eigenvalue weighted by atomic mass is 35.5. The summed E-state index contributed by atoms with van der Waals surface area (Å²) >= 11 is 6.27. The predicted molar refractivity (Wildman–Crippen MR) is 140 cm³/mol. The zero-order valence-electron chi connectivity index (χ0n) is 21.9. The van der Waals surface area contributed by atoms with E-state index in [0.717, 1.165) is 44.3 Å². The first-order chi connectivity index (χ1) is 16.6. The van der Waals surface area contributed by atoms with Crippen LogP contribution < -0.4 is 16.0 Å². The van der Waals surface area contributed by atoms with Crippen molar-refractivity contribution in [3.63, 3.8) is 0 Å². The van der Waals surface area contributed by atoms with Gasteiger partial charge in [0.05, 0.1) is 19.8 Å². The summed E-state index contributed by atoms with van der Waals surface area (Å²) in [5, 5.41) is 9.73. The summed E-state index contributed by atoms with van der Waals surface area (Å²) in [6.07, 6.45) is 3.07. The van der Waals surface area contributed by atoms with Crippen LogP contribution in [0.4, 0.5) is 9.59 Å². The van der Waals surface area contributed by atoms with Crippen LogP contribution in [0.5, 0.6) is 0 Å². The third-order valence-electron chi connectivity index (χ3n) is 6.23. The molecule has 1 aliphatic rings. The molecule has 0 spiro atoms. The number of carbonyl (C=O) groups excluding carboxylic acids is 2. The largest absolute Gasteiger partial charge is 0.453 e. The Morgan fingerprint density at radius 2 is 2.06 bits per heavy atom. The van der Waals surface area contributed by atoms with E-state index in [4.69, 9.17) is 16.3 Å². The minimum Gasteiger partial charge on any atom is -0.453 e. The molecule has 0 aliphatic carbocycles. The number of benzene rings is 1. The first-order valence-corrected chi connectivity index (χ1v) is 12.9. The smallest absolute Gasteiger partial charge is 0.406 e. The summed E-state index contributed by atoms with van der Waals surface area (Å²) in [6, 6.07) is 7.71. The van der Waals surface area contributed by atoms with Gasteiger partial charge in [-0.3, -0.25) is 0 Å². The second kappa shape index (κ2) is 14.5. The van der Waals surface area contributed by atoms with Crippen molar-refractivity contribution >= 4 is 23.7 Å². The Labute approximate surface area is 215 Å². The van der Waals surface area contributed by atoms with Gasteiger partial charge in [0.2, 0.25) is 0 Å². The number of likely N-dealkylation sites (tertiary alicyclic amines) is 1. The molecule has 0 bridgehead atoms. The van der Waals surface area contributed by atoms with Crippen molar-refractivity contribution in [3.05, 3.63) is 34.9 Å². The molecule has 1 aromatic carbocycles. The Kier molecular flexibility index (Phi) is 12.1. The van der Waals surface area contributed by atoms with E-state index >= 15 is 0 Å². The monoisotopic (exact) mass is 510 g/mol. The van der Waals surface area contributed by atoms with Gasteiger partial charge in [-0.2, -0.15) is 0 Å². The molecule has 3 amide bonds. The summed E-state index contributed by atoms with van der Waals surface area (Å²) < 4.78 is 10.9. The number of piperidine rings is 1. The molecule has 9 heteroatoms. The number of alkyl carbamates (subject to hydrolysis) is 1. The lowest BCUT2D eigenvalue weighted by atomic mass is 9.88. The van der Waals surface area contributed by atoms with Crippen molar-refractivity contribution in [1.29, 1.82) is 0 Å². The number of hydrogen-bond acceptors (Lipinski definition) is 5. The molecule has 8 nitrogen and oxygen atoms in total. The van der Waals surface area contributed by atoms with Gasteiger partial charge in [-0.25, -0.2) is 9.59 Å². The highest BCUT2D eigenvalue weighted by Gasteiger charge is 2.32. The number of nitrogens with zero attached hydrogens (tertiary/aromatic N) is 1. The molecule has 0 aromatic heterocycles. The molecule has 3 N–H and O–H groups in total. The second-order valence-corrected chi connectivity index (χ2v) is 10.9. The van der Waals surface area contributed by atoms with Gasteiger partial charge < -0.3 is 30.3 Å². The van der Waals surface area contributed by atoms with Crippen LogP contribution in [0, 0.1) is 11.3 Å². The Balaban J connectivity index is 2.05. The fraction of sp³-hybridized carbons (Fsp3) is 0.692. The van der Waals surface area contributed by atoms with Gasteiger partial charge in [-0.1, -0.05) is 44.5 Å². The lowest BCUT2D eigenvalue weighted by Gasteiger charge is -2.38. The van der Waals surface area contributed by atoms with E-state index in [-0.39, 0.29) is 29.5 Å². The number of amides is 3. The summed E-state index contributed by atoms with van der Waals surface area (Å²) in [6.45, 7) is 9.37. The number of hydrogen-bond donors (Lipinski definition) is 3. The standard InChI is InChI=1S/C26H43ClN4O4/c1-26(2,3)12-11-22(17-28-4)30-24(32)31-14-7-9-20(18-31)23(19-8-6-10-21(27)16-19)35-15-13-29-25(33)34-5/h6,8,10,16,20,22-23,28H,7,9,11-15,17-18H2,1-5H3,(H,29,33)(H,30,32)/t20?,22?,23-/m0/s1. The Bertz CT molecular complexity index is 802. The average Bonchev–Trinajstić information content (AvgIpc) is 2.82. The van der Waals surface area contributed by atoms with Crippen molar-refractivity contribution in [2.45, 2.75) is 58.6 Å². The molecule has 2 unspecified atom stereocenters. The van der Waals surface area contributed by atoms with Gasteiger partial charge in [-0.05, 0) is 55.8 Å². The van der Waals surface area contributed by atoms with E-state index in [2.05, 4.69) is 41.5 Å². The van der Waals surface area contributed by atoms with Crippen LogP contribution in [0.1, 0.15) is 58.1 Å². The topological polar surface area (TPSA) is 91.9 Å². The van der Waals surface area contributed by atoms with Crippen molar-refractivity contribution in [3.8, 4) is 0 Å². The van der Waals surface area contributed by atoms with Crippen LogP contribution in [0.15, 0.2) is 24.3 Å². The van der Waals surface area contributed by atoms with Gasteiger partial charge in [0, 0.05) is 43.2 Å². The second-order valence-electron chi connectivity index (χ2n) is 10.4. The molecule has 1 fully saturated rings. The molecule has 1 saturated heterocycles. The Morgan fingerprint density at radius 3 is 2.71 bits per heavy atom. The van der Waals surface area contributed by atoms with E-state index < -0.39 is 6.09 Å².